The Balaban J connectivity index is 1.30. The first kappa shape index (κ1) is 21.2. The van der Waals surface area contributed by atoms with Crippen LogP contribution in [0.5, 0.6) is 0 Å². The van der Waals surface area contributed by atoms with E-state index in [0.29, 0.717) is 5.89 Å². The molecule has 2 aromatic heterocycles. The van der Waals surface area contributed by atoms with Gasteiger partial charge in [0.05, 0.1) is 23.2 Å². The second-order valence-electron chi connectivity index (χ2n) is 7.67. The molecule has 0 radical (unpaired) electrons. The topological polar surface area (TPSA) is 115 Å². The highest BCUT2D eigenvalue weighted by Gasteiger charge is 2.36. The second kappa shape index (κ2) is 8.70. The van der Waals surface area contributed by atoms with E-state index in [-0.39, 0.29) is 29.1 Å². The Hall–Kier alpha value is -4.66. The number of amides is 2. The summed E-state index contributed by atoms with van der Waals surface area (Å²) < 4.78 is 11.1. The number of rotatable bonds is 6. The Kier molecular flexibility index (Phi) is 5.43. The van der Waals surface area contributed by atoms with Gasteiger partial charge in [-0.3, -0.25) is 19.5 Å². The van der Waals surface area contributed by atoms with Gasteiger partial charge >= 0.3 is 5.97 Å². The fourth-order valence-electron chi connectivity index (χ4n) is 3.61. The van der Waals surface area contributed by atoms with Crippen molar-refractivity contribution < 1.29 is 23.5 Å². The minimum atomic E-state index is -0.814. The van der Waals surface area contributed by atoms with E-state index >= 15 is 0 Å². The van der Waals surface area contributed by atoms with E-state index in [1.54, 1.807) is 31.5 Å². The molecule has 0 unspecified atom stereocenters. The Bertz CT molecular complexity index is 1380. The third-order valence-corrected chi connectivity index (χ3v) is 5.39. The number of benzene rings is 2. The van der Waals surface area contributed by atoms with Gasteiger partial charge in [0.25, 0.3) is 17.7 Å². The molecule has 4 aromatic rings. The number of esters is 1. The molecular formula is C25H18N4O5. The minimum absolute atomic E-state index is 0.118. The van der Waals surface area contributed by atoms with Crippen LogP contribution in [0, 0.1) is 0 Å². The third-order valence-electron chi connectivity index (χ3n) is 5.39. The van der Waals surface area contributed by atoms with E-state index in [4.69, 9.17) is 9.15 Å². The smallest absolute Gasteiger partial charge is 0.338 e. The van der Waals surface area contributed by atoms with Crippen molar-refractivity contribution >= 4 is 17.8 Å². The molecule has 0 spiro atoms. The van der Waals surface area contributed by atoms with Gasteiger partial charge in [0.2, 0.25) is 5.89 Å². The molecule has 1 atom stereocenters. The van der Waals surface area contributed by atoms with Crippen LogP contribution in [-0.4, -0.2) is 37.9 Å². The lowest BCUT2D eigenvalue weighted by Crippen LogP contribution is -2.29. The molecule has 5 rings (SSSR count). The summed E-state index contributed by atoms with van der Waals surface area (Å²) in [5, 5.41) is 7.96. The maximum Gasteiger partial charge on any atom is 0.338 e. The molecular weight excluding hydrogens is 436 g/mol. The predicted octanol–water partition coefficient (Wildman–Crippen LogP) is 3.85. The molecule has 0 saturated heterocycles. The Morgan fingerprint density at radius 2 is 1.71 bits per heavy atom. The average molecular weight is 454 g/mol. The van der Waals surface area contributed by atoms with Gasteiger partial charge in [-0.25, -0.2) is 4.79 Å². The molecule has 0 saturated carbocycles. The van der Waals surface area contributed by atoms with Crippen LogP contribution in [0.2, 0.25) is 0 Å². The zero-order chi connectivity index (χ0) is 23.7. The summed E-state index contributed by atoms with van der Waals surface area (Å²) in [7, 11) is 0. The number of carbonyl (C=O) groups excluding carboxylic acids is 3. The number of hydrogen-bond donors (Lipinski definition) is 0. The predicted molar refractivity (Wildman–Crippen MR) is 118 cm³/mol. The molecule has 2 amide bonds. The van der Waals surface area contributed by atoms with Gasteiger partial charge in [-0.1, -0.05) is 18.2 Å². The van der Waals surface area contributed by atoms with Gasteiger partial charge in [0.15, 0.2) is 6.10 Å². The zero-order valence-corrected chi connectivity index (χ0v) is 18.0. The quantitative estimate of drug-likeness (QED) is 0.319. The summed E-state index contributed by atoms with van der Waals surface area (Å²) in [6.45, 7) is 1.73. The summed E-state index contributed by atoms with van der Waals surface area (Å²) in [5.74, 6) is -1.10. The number of pyridine rings is 1. The molecule has 34 heavy (non-hydrogen) atoms. The summed E-state index contributed by atoms with van der Waals surface area (Å²) in [6.07, 6.45) is 2.37. The van der Waals surface area contributed by atoms with Crippen LogP contribution in [0.15, 0.2) is 77.5 Å². The summed E-state index contributed by atoms with van der Waals surface area (Å²) in [4.78, 5) is 43.4. The first-order valence-corrected chi connectivity index (χ1v) is 10.5. The zero-order valence-electron chi connectivity index (χ0n) is 18.0. The summed E-state index contributed by atoms with van der Waals surface area (Å²) in [5.41, 5.74) is 2.06. The van der Waals surface area contributed by atoms with Crippen LogP contribution in [0.25, 0.3) is 11.5 Å². The Labute approximate surface area is 194 Å². The highest BCUT2D eigenvalue weighted by atomic mass is 16.6. The standard InChI is InChI=1S/C25H18N4O5/c1-15(21-27-28-22(34-21)17-5-3-2-4-6-17)33-25(32)18-7-8-19-20(13-18)24(31)29(23(19)30)14-16-9-11-26-12-10-16/h2-13,15H,14H2,1H3/t15-/m0/s1. The van der Waals surface area contributed by atoms with E-state index in [0.717, 1.165) is 16.0 Å². The van der Waals surface area contributed by atoms with E-state index in [9.17, 15) is 14.4 Å². The molecule has 1 aliphatic heterocycles. The van der Waals surface area contributed by atoms with Crippen LogP contribution in [0.3, 0.4) is 0 Å². The molecule has 9 heteroatoms. The Morgan fingerprint density at radius 1 is 0.971 bits per heavy atom. The van der Waals surface area contributed by atoms with E-state index in [1.807, 2.05) is 30.3 Å². The van der Waals surface area contributed by atoms with E-state index in [2.05, 4.69) is 15.2 Å². The van der Waals surface area contributed by atoms with Crippen LogP contribution >= 0.6 is 0 Å². The van der Waals surface area contributed by atoms with Crippen molar-refractivity contribution in [1.29, 1.82) is 0 Å². The largest absolute Gasteiger partial charge is 0.449 e. The summed E-state index contributed by atoms with van der Waals surface area (Å²) >= 11 is 0. The van der Waals surface area contributed by atoms with Crippen molar-refractivity contribution in [3.05, 3.63) is 101 Å². The van der Waals surface area contributed by atoms with Crippen molar-refractivity contribution in [2.45, 2.75) is 19.6 Å². The number of hydrogen-bond acceptors (Lipinski definition) is 8. The van der Waals surface area contributed by atoms with Gasteiger partial charge in [-0.05, 0) is 55.0 Å². The molecule has 168 valence electrons. The lowest BCUT2D eigenvalue weighted by molar-refractivity contribution is 0.0279. The molecule has 3 heterocycles. The van der Waals surface area contributed by atoms with Crippen molar-refractivity contribution in [2.75, 3.05) is 0 Å². The van der Waals surface area contributed by atoms with Crippen LogP contribution in [0.4, 0.5) is 0 Å². The maximum atomic E-state index is 12.9. The van der Waals surface area contributed by atoms with Crippen LogP contribution in [-0.2, 0) is 11.3 Å². The third kappa shape index (κ3) is 3.95. The van der Waals surface area contributed by atoms with Gasteiger partial charge in [0, 0.05) is 18.0 Å². The van der Waals surface area contributed by atoms with Crippen LogP contribution in [0.1, 0.15) is 55.6 Å². The number of ether oxygens (including phenoxy) is 1. The second-order valence-corrected chi connectivity index (χ2v) is 7.67. The van der Waals surface area contributed by atoms with E-state index < -0.39 is 23.9 Å². The summed E-state index contributed by atoms with van der Waals surface area (Å²) in [6, 6.07) is 17.0. The fraction of sp³-hybridized carbons (Fsp3) is 0.120. The number of nitrogens with zero attached hydrogens (tertiary/aromatic N) is 4. The van der Waals surface area contributed by atoms with Gasteiger partial charge in [0.1, 0.15) is 0 Å². The first-order chi connectivity index (χ1) is 16.5. The highest BCUT2D eigenvalue weighted by molar-refractivity contribution is 6.21. The SMILES string of the molecule is C[C@H](OC(=O)c1ccc2c(c1)C(=O)N(Cc1ccncc1)C2=O)c1nnc(-c2ccccc2)o1. The lowest BCUT2D eigenvalue weighted by atomic mass is 10.1. The lowest BCUT2D eigenvalue weighted by Gasteiger charge is -2.13. The molecule has 9 nitrogen and oxygen atoms in total. The molecule has 2 aromatic carbocycles. The fourth-order valence-corrected chi connectivity index (χ4v) is 3.61. The number of carbonyl (C=O) groups is 3. The van der Waals surface area contributed by atoms with Crippen molar-refractivity contribution in [1.82, 2.24) is 20.1 Å². The monoisotopic (exact) mass is 454 g/mol. The van der Waals surface area contributed by atoms with Gasteiger partial charge in [-0.2, -0.15) is 0 Å². The van der Waals surface area contributed by atoms with Crippen LogP contribution < -0.4 is 0 Å². The molecule has 0 fully saturated rings. The molecule has 0 aliphatic carbocycles. The van der Waals surface area contributed by atoms with Gasteiger partial charge < -0.3 is 9.15 Å². The normalized spacial score (nSPS) is 13.6. The average Bonchev–Trinajstić information content (AvgIpc) is 3.45. The highest BCUT2D eigenvalue weighted by Crippen LogP contribution is 2.27. The maximum absolute atomic E-state index is 12.9. The van der Waals surface area contributed by atoms with Crippen molar-refractivity contribution in [3.63, 3.8) is 0 Å². The van der Waals surface area contributed by atoms with Gasteiger partial charge in [-0.15, -0.1) is 10.2 Å². The number of fused-ring (bicyclic) bond motifs is 1. The molecule has 0 N–H and O–H groups in total. The first-order valence-electron chi connectivity index (χ1n) is 10.5. The Morgan fingerprint density at radius 3 is 2.47 bits per heavy atom. The van der Waals surface area contributed by atoms with Crippen molar-refractivity contribution in [2.24, 2.45) is 0 Å². The molecule has 1 aliphatic rings. The van der Waals surface area contributed by atoms with Crippen molar-refractivity contribution in [3.8, 4) is 11.5 Å². The minimum Gasteiger partial charge on any atom is -0.449 e. The molecule has 0 bridgehead atoms. The number of imide groups is 1. The van der Waals surface area contributed by atoms with E-state index in [1.165, 1.54) is 18.2 Å². The number of aromatic nitrogens is 3.